The summed E-state index contributed by atoms with van der Waals surface area (Å²) < 4.78 is 4.95. The highest BCUT2D eigenvalue weighted by Gasteiger charge is 2.13. The maximum atomic E-state index is 10.6. The van der Waals surface area contributed by atoms with Crippen LogP contribution in [0.15, 0.2) is 0 Å². The standard InChI is InChI=1S/C6H13BO2/c1-6(2,3)9-5(8)4-7/h4,7H2,1-3H3. The van der Waals surface area contributed by atoms with Crippen molar-refractivity contribution in [1.29, 1.82) is 0 Å². The molecule has 0 unspecified atom stereocenters. The zero-order valence-electron chi connectivity index (χ0n) is 6.52. The predicted molar refractivity (Wildman–Crippen MR) is 39.2 cm³/mol. The molecule has 0 N–H and O–H groups in total. The molecule has 3 heteroatoms. The lowest BCUT2D eigenvalue weighted by molar-refractivity contribution is -0.151. The van der Waals surface area contributed by atoms with Gasteiger partial charge in [0.2, 0.25) is 0 Å². The van der Waals surface area contributed by atoms with Crippen LogP contribution in [0.3, 0.4) is 0 Å². The fraction of sp³-hybridized carbons (Fsp3) is 0.833. The lowest BCUT2D eigenvalue weighted by Gasteiger charge is -2.18. The Bertz CT molecular complexity index is 104. The lowest BCUT2D eigenvalue weighted by Crippen LogP contribution is -2.23. The van der Waals surface area contributed by atoms with Crippen LogP contribution in [0.25, 0.3) is 0 Å². The van der Waals surface area contributed by atoms with Crippen LogP contribution in [0.5, 0.6) is 0 Å². The molecule has 9 heavy (non-hydrogen) atoms. The Morgan fingerprint density at radius 2 is 2.00 bits per heavy atom. The Morgan fingerprint density at radius 1 is 1.56 bits per heavy atom. The molecule has 0 amide bonds. The van der Waals surface area contributed by atoms with Crippen LogP contribution < -0.4 is 0 Å². The van der Waals surface area contributed by atoms with Crippen LogP contribution in [0, 0.1) is 0 Å². The Balaban J connectivity index is 3.60. The third-order valence-corrected chi connectivity index (χ3v) is 0.709. The zero-order chi connectivity index (χ0) is 7.49. The molecule has 0 bridgehead atoms. The van der Waals surface area contributed by atoms with E-state index < -0.39 is 0 Å². The van der Waals surface area contributed by atoms with Gasteiger partial charge in [0.25, 0.3) is 5.97 Å². The first-order chi connectivity index (χ1) is 3.95. The molecule has 52 valence electrons. The molecule has 0 rings (SSSR count). The van der Waals surface area contributed by atoms with Gasteiger partial charge in [-0.15, -0.1) is 0 Å². The van der Waals surface area contributed by atoms with Crippen LogP contribution >= 0.6 is 0 Å². The predicted octanol–water partition coefficient (Wildman–Crippen LogP) is 0.379. The van der Waals surface area contributed by atoms with E-state index in [1.807, 2.05) is 20.8 Å². The van der Waals surface area contributed by atoms with E-state index in [1.54, 1.807) is 7.85 Å². The number of hydrogen-bond donors (Lipinski definition) is 0. The molecular weight excluding hydrogens is 115 g/mol. The molecule has 0 aliphatic rings. The molecular formula is C6H13BO2. The quantitative estimate of drug-likeness (QED) is 0.377. The first-order valence-electron chi connectivity index (χ1n) is 3.17. The molecule has 0 aliphatic carbocycles. The molecule has 0 aromatic carbocycles. The van der Waals surface area contributed by atoms with Crippen molar-refractivity contribution in [2.24, 2.45) is 0 Å². The fourth-order valence-electron chi connectivity index (χ4n) is 0.414. The summed E-state index contributed by atoms with van der Waals surface area (Å²) in [5.74, 6) is -0.137. The molecule has 0 aliphatic heterocycles. The van der Waals surface area contributed by atoms with E-state index in [2.05, 4.69) is 0 Å². The van der Waals surface area contributed by atoms with E-state index in [0.29, 0.717) is 6.32 Å². The summed E-state index contributed by atoms with van der Waals surface area (Å²) in [7, 11) is 1.79. The molecule has 2 nitrogen and oxygen atoms in total. The fourth-order valence-corrected chi connectivity index (χ4v) is 0.414. The van der Waals surface area contributed by atoms with Crippen molar-refractivity contribution in [3.63, 3.8) is 0 Å². The zero-order valence-corrected chi connectivity index (χ0v) is 6.52. The first kappa shape index (κ1) is 8.53. The van der Waals surface area contributed by atoms with Crippen molar-refractivity contribution in [3.05, 3.63) is 0 Å². The Hall–Kier alpha value is -0.465. The van der Waals surface area contributed by atoms with Gasteiger partial charge in [0.05, 0.1) is 0 Å². The van der Waals surface area contributed by atoms with Crippen LogP contribution in [0.1, 0.15) is 20.8 Å². The Labute approximate surface area is 57.0 Å². The topological polar surface area (TPSA) is 26.3 Å². The summed E-state index contributed by atoms with van der Waals surface area (Å²) in [5, 5.41) is 0. The smallest absolute Gasteiger partial charge is 0.298 e. The van der Waals surface area contributed by atoms with Gasteiger partial charge in [-0.05, 0) is 20.8 Å². The van der Waals surface area contributed by atoms with Gasteiger partial charge >= 0.3 is 0 Å². The van der Waals surface area contributed by atoms with Crippen LogP contribution in [-0.2, 0) is 9.53 Å². The number of rotatable bonds is 1. The first-order valence-corrected chi connectivity index (χ1v) is 3.17. The lowest BCUT2D eigenvalue weighted by atomic mass is 10.1. The van der Waals surface area contributed by atoms with E-state index in [9.17, 15) is 4.79 Å². The number of ether oxygens (including phenoxy) is 1. The summed E-state index contributed by atoms with van der Waals surface area (Å²) in [6.07, 6.45) is 0.456. The number of carbonyl (C=O) groups is 1. The number of hydrogen-bond acceptors (Lipinski definition) is 2. The van der Waals surface area contributed by atoms with Crippen LogP contribution in [-0.4, -0.2) is 19.4 Å². The highest BCUT2D eigenvalue weighted by atomic mass is 16.6. The minimum atomic E-state index is -0.326. The Morgan fingerprint density at radius 3 is 2.11 bits per heavy atom. The van der Waals surface area contributed by atoms with Crippen LogP contribution in [0.4, 0.5) is 0 Å². The SMILES string of the molecule is BCC(=O)OC(C)(C)C. The van der Waals surface area contributed by atoms with E-state index in [1.165, 1.54) is 0 Å². The molecule has 0 saturated heterocycles. The minimum Gasteiger partial charge on any atom is -0.460 e. The van der Waals surface area contributed by atoms with Crippen molar-refractivity contribution < 1.29 is 9.53 Å². The van der Waals surface area contributed by atoms with E-state index in [-0.39, 0.29) is 11.6 Å². The van der Waals surface area contributed by atoms with Crippen molar-refractivity contribution in [3.8, 4) is 0 Å². The van der Waals surface area contributed by atoms with Gasteiger partial charge in [0.1, 0.15) is 13.4 Å². The largest absolute Gasteiger partial charge is 0.460 e. The second kappa shape index (κ2) is 2.90. The van der Waals surface area contributed by atoms with Crippen molar-refractivity contribution in [2.45, 2.75) is 32.7 Å². The number of esters is 1. The molecule has 0 saturated carbocycles. The monoisotopic (exact) mass is 128 g/mol. The van der Waals surface area contributed by atoms with E-state index in [0.717, 1.165) is 0 Å². The third-order valence-electron chi connectivity index (χ3n) is 0.709. The van der Waals surface area contributed by atoms with Gasteiger partial charge in [-0.1, -0.05) is 0 Å². The van der Waals surface area contributed by atoms with Gasteiger partial charge in [-0.2, -0.15) is 0 Å². The molecule has 0 heterocycles. The Kier molecular flexibility index (Phi) is 2.75. The highest BCUT2D eigenvalue weighted by molar-refractivity contribution is 6.18. The molecule has 0 spiro atoms. The number of carbonyl (C=O) groups excluding carboxylic acids is 1. The molecule has 0 fully saturated rings. The van der Waals surface area contributed by atoms with Gasteiger partial charge in [0.15, 0.2) is 0 Å². The summed E-state index contributed by atoms with van der Waals surface area (Å²) in [5.41, 5.74) is -0.326. The van der Waals surface area contributed by atoms with Gasteiger partial charge in [-0.25, -0.2) is 0 Å². The average molecular weight is 128 g/mol. The molecule has 0 aromatic rings. The van der Waals surface area contributed by atoms with Crippen molar-refractivity contribution in [2.75, 3.05) is 0 Å². The van der Waals surface area contributed by atoms with Crippen molar-refractivity contribution >= 4 is 13.8 Å². The summed E-state index contributed by atoms with van der Waals surface area (Å²) in [6.45, 7) is 5.59. The third kappa shape index (κ3) is 5.41. The van der Waals surface area contributed by atoms with E-state index >= 15 is 0 Å². The second-order valence-corrected chi connectivity index (χ2v) is 2.94. The normalized spacial score (nSPS) is 11.0. The van der Waals surface area contributed by atoms with E-state index in [4.69, 9.17) is 4.74 Å². The second-order valence-electron chi connectivity index (χ2n) is 2.94. The maximum absolute atomic E-state index is 10.6. The van der Waals surface area contributed by atoms with Crippen LogP contribution in [0.2, 0.25) is 6.32 Å². The summed E-state index contributed by atoms with van der Waals surface area (Å²) >= 11 is 0. The average Bonchev–Trinajstić information content (AvgIpc) is 1.62. The van der Waals surface area contributed by atoms with Gasteiger partial charge in [0, 0.05) is 6.32 Å². The van der Waals surface area contributed by atoms with Gasteiger partial charge in [-0.3, -0.25) is 4.79 Å². The maximum Gasteiger partial charge on any atom is 0.298 e. The molecule has 0 aromatic heterocycles. The highest BCUT2D eigenvalue weighted by Crippen LogP contribution is 2.07. The van der Waals surface area contributed by atoms with Crippen molar-refractivity contribution in [1.82, 2.24) is 0 Å². The van der Waals surface area contributed by atoms with Gasteiger partial charge < -0.3 is 4.74 Å². The minimum absolute atomic E-state index is 0.137. The summed E-state index contributed by atoms with van der Waals surface area (Å²) in [4.78, 5) is 10.6. The summed E-state index contributed by atoms with van der Waals surface area (Å²) in [6, 6.07) is 0. The molecule has 0 atom stereocenters. The molecule has 0 radical (unpaired) electrons.